The second-order valence-electron chi connectivity index (χ2n) is 8.75. The third kappa shape index (κ3) is 5.32. The van der Waals surface area contributed by atoms with Crippen LogP contribution in [0.5, 0.6) is 0 Å². The standard InChI is InChI=1S/C23H34N4O3/c1-18-5-2-3-7-21(18)24-23(29)26-10-4-6-20(17-26)27(22(28)19-8-9-19)12-11-25-13-15-30-16-14-25/h2-3,5,7,19-20H,4,6,8-17H2,1H3,(H,24,29). The Morgan fingerprint density at radius 2 is 1.90 bits per heavy atom. The molecule has 2 aliphatic heterocycles. The number of nitrogens with zero attached hydrogens (tertiary/aromatic N) is 3. The van der Waals surface area contributed by atoms with E-state index in [4.69, 9.17) is 4.74 Å². The van der Waals surface area contributed by atoms with Crippen LogP contribution in [0.4, 0.5) is 10.5 Å². The summed E-state index contributed by atoms with van der Waals surface area (Å²) < 4.78 is 5.44. The molecule has 1 aromatic carbocycles. The number of para-hydroxylation sites is 1. The van der Waals surface area contributed by atoms with Crippen molar-refractivity contribution in [2.45, 2.75) is 38.6 Å². The number of piperidine rings is 1. The van der Waals surface area contributed by atoms with Crippen molar-refractivity contribution in [2.24, 2.45) is 5.92 Å². The van der Waals surface area contributed by atoms with E-state index < -0.39 is 0 Å². The zero-order valence-electron chi connectivity index (χ0n) is 18.0. The Morgan fingerprint density at radius 3 is 2.63 bits per heavy atom. The fourth-order valence-corrected chi connectivity index (χ4v) is 4.41. The number of rotatable bonds is 6. The molecule has 3 amide bonds. The zero-order chi connectivity index (χ0) is 20.9. The molecule has 1 aromatic rings. The van der Waals surface area contributed by atoms with E-state index in [0.29, 0.717) is 6.54 Å². The average molecular weight is 415 g/mol. The molecule has 1 saturated carbocycles. The molecule has 164 valence electrons. The number of likely N-dealkylation sites (tertiary alicyclic amines) is 1. The van der Waals surface area contributed by atoms with Gasteiger partial charge in [0.25, 0.3) is 0 Å². The van der Waals surface area contributed by atoms with Crippen LogP contribution in [-0.4, -0.2) is 85.2 Å². The predicted octanol–water partition coefficient (Wildman–Crippen LogP) is 2.56. The fourth-order valence-electron chi connectivity index (χ4n) is 4.41. The Hall–Kier alpha value is -2.12. The number of urea groups is 1. The lowest BCUT2D eigenvalue weighted by Crippen LogP contribution is -2.54. The Labute approximate surface area is 179 Å². The van der Waals surface area contributed by atoms with Crippen LogP contribution in [0.2, 0.25) is 0 Å². The summed E-state index contributed by atoms with van der Waals surface area (Å²) >= 11 is 0. The van der Waals surface area contributed by atoms with Gasteiger partial charge < -0.3 is 19.9 Å². The normalized spacial score (nSPS) is 22.6. The SMILES string of the molecule is Cc1ccccc1NC(=O)N1CCCC(N(CCN2CCOCC2)C(=O)C2CC2)C1. The largest absolute Gasteiger partial charge is 0.379 e. The van der Waals surface area contributed by atoms with E-state index in [0.717, 1.165) is 82.9 Å². The van der Waals surface area contributed by atoms with Crippen LogP contribution in [0.3, 0.4) is 0 Å². The molecule has 3 fully saturated rings. The van der Waals surface area contributed by atoms with Gasteiger partial charge in [-0.2, -0.15) is 0 Å². The Balaban J connectivity index is 1.38. The monoisotopic (exact) mass is 414 g/mol. The first-order chi connectivity index (χ1) is 14.6. The van der Waals surface area contributed by atoms with Crippen LogP contribution in [-0.2, 0) is 9.53 Å². The summed E-state index contributed by atoms with van der Waals surface area (Å²) in [6, 6.07) is 7.87. The smallest absolute Gasteiger partial charge is 0.321 e. The lowest BCUT2D eigenvalue weighted by Gasteiger charge is -2.40. The fraction of sp³-hybridized carbons (Fsp3) is 0.652. The summed E-state index contributed by atoms with van der Waals surface area (Å²) in [7, 11) is 0. The van der Waals surface area contributed by atoms with Gasteiger partial charge in [0.15, 0.2) is 0 Å². The van der Waals surface area contributed by atoms with Gasteiger partial charge in [-0.3, -0.25) is 9.69 Å². The maximum absolute atomic E-state index is 13.1. The van der Waals surface area contributed by atoms with E-state index in [1.165, 1.54) is 0 Å². The molecule has 7 nitrogen and oxygen atoms in total. The second-order valence-corrected chi connectivity index (χ2v) is 8.75. The van der Waals surface area contributed by atoms with Crippen molar-refractivity contribution in [3.8, 4) is 0 Å². The van der Waals surface area contributed by atoms with Gasteiger partial charge in [0.05, 0.1) is 13.2 Å². The van der Waals surface area contributed by atoms with E-state index in [9.17, 15) is 9.59 Å². The van der Waals surface area contributed by atoms with Gasteiger partial charge in [-0.1, -0.05) is 18.2 Å². The van der Waals surface area contributed by atoms with Gasteiger partial charge in [0, 0.05) is 56.9 Å². The van der Waals surface area contributed by atoms with Crippen molar-refractivity contribution in [2.75, 3.05) is 57.8 Å². The molecule has 0 bridgehead atoms. The predicted molar refractivity (Wildman–Crippen MR) is 116 cm³/mol. The molecule has 4 rings (SSSR count). The first kappa shape index (κ1) is 21.1. The summed E-state index contributed by atoms with van der Waals surface area (Å²) in [5.41, 5.74) is 1.90. The molecule has 3 aliphatic rings. The highest BCUT2D eigenvalue weighted by Crippen LogP contribution is 2.32. The van der Waals surface area contributed by atoms with Crippen molar-refractivity contribution in [1.82, 2.24) is 14.7 Å². The molecule has 7 heteroatoms. The molecular weight excluding hydrogens is 380 g/mol. The Morgan fingerprint density at radius 1 is 1.13 bits per heavy atom. The summed E-state index contributed by atoms with van der Waals surface area (Å²) in [5, 5.41) is 3.05. The average Bonchev–Trinajstić information content (AvgIpc) is 3.62. The van der Waals surface area contributed by atoms with E-state index in [2.05, 4.69) is 15.1 Å². The van der Waals surface area contributed by atoms with Gasteiger partial charge in [-0.15, -0.1) is 0 Å². The molecular formula is C23H34N4O3. The van der Waals surface area contributed by atoms with Crippen molar-refractivity contribution in [3.63, 3.8) is 0 Å². The van der Waals surface area contributed by atoms with E-state index in [1.54, 1.807) is 0 Å². The number of carbonyl (C=O) groups excluding carboxylic acids is 2. The summed E-state index contributed by atoms with van der Waals surface area (Å²) in [4.78, 5) is 32.3. The van der Waals surface area contributed by atoms with Crippen molar-refractivity contribution in [1.29, 1.82) is 0 Å². The van der Waals surface area contributed by atoms with Gasteiger partial charge >= 0.3 is 6.03 Å². The number of benzene rings is 1. The van der Waals surface area contributed by atoms with Crippen LogP contribution in [0.25, 0.3) is 0 Å². The van der Waals surface area contributed by atoms with Crippen molar-refractivity contribution in [3.05, 3.63) is 29.8 Å². The summed E-state index contributed by atoms with van der Waals surface area (Å²) in [6.45, 7) is 8.38. The van der Waals surface area contributed by atoms with Gasteiger partial charge in [0.2, 0.25) is 5.91 Å². The minimum absolute atomic E-state index is 0.0685. The Kier molecular flexibility index (Phi) is 6.89. The molecule has 0 aromatic heterocycles. The number of carbonyl (C=O) groups is 2. The number of aryl methyl sites for hydroxylation is 1. The van der Waals surface area contributed by atoms with Crippen LogP contribution in [0.1, 0.15) is 31.2 Å². The highest BCUT2D eigenvalue weighted by atomic mass is 16.5. The topological polar surface area (TPSA) is 65.1 Å². The van der Waals surface area contributed by atoms with E-state index in [1.807, 2.05) is 36.1 Å². The van der Waals surface area contributed by atoms with Gasteiger partial charge in [-0.25, -0.2) is 4.79 Å². The third-order valence-corrected chi connectivity index (χ3v) is 6.48. The Bertz CT molecular complexity index is 746. The molecule has 0 spiro atoms. The number of nitrogens with one attached hydrogen (secondary N) is 1. The van der Waals surface area contributed by atoms with E-state index >= 15 is 0 Å². The quantitative estimate of drug-likeness (QED) is 0.777. The number of hydrogen-bond donors (Lipinski definition) is 1. The third-order valence-electron chi connectivity index (χ3n) is 6.48. The number of morpholine rings is 1. The number of anilines is 1. The van der Waals surface area contributed by atoms with Gasteiger partial charge in [-0.05, 0) is 44.2 Å². The molecule has 2 heterocycles. The first-order valence-electron chi connectivity index (χ1n) is 11.3. The number of hydrogen-bond acceptors (Lipinski definition) is 4. The van der Waals surface area contributed by atoms with Crippen LogP contribution in [0.15, 0.2) is 24.3 Å². The molecule has 1 atom stereocenters. The minimum Gasteiger partial charge on any atom is -0.379 e. The lowest BCUT2D eigenvalue weighted by molar-refractivity contribution is -0.136. The van der Waals surface area contributed by atoms with Gasteiger partial charge in [0.1, 0.15) is 0 Å². The molecule has 30 heavy (non-hydrogen) atoms. The number of ether oxygens (including phenoxy) is 1. The zero-order valence-corrected chi connectivity index (χ0v) is 18.0. The molecule has 1 N–H and O–H groups in total. The molecule has 1 unspecified atom stereocenters. The maximum atomic E-state index is 13.1. The number of amides is 3. The van der Waals surface area contributed by atoms with Crippen LogP contribution >= 0.6 is 0 Å². The molecule has 0 radical (unpaired) electrons. The molecule has 2 saturated heterocycles. The van der Waals surface area contributed by atoms with Crippen LogP contribution < -0.4 is 5.32 Å². The van der Waals surface area contributed by atoms with Crippen molar-refractivity contribution < 1.29 is 14.3 Å². The van der Waals surface area contributed by atoms with E-state index in [-0.39, 0.29) is 23.9 Å². The summed E-state index contributed by atoms with van der Waals surface area (Å²) in [6.07, 6.45) is 3.92. The minimum atomic E-state index is -0.0685. The highest BCUT2D eigenvalue weighted by Gasteiger charge is 2.38. The summed E-state index contributed by atoms with van der Waals surface area (Å²) in [5.74, 6) is 0.486. The lowest BCUT2D eigenvalue weighted by atomic mass is 10.0. The molecule has 1 aliphatic carbocycles. The van der Waals surface area contributed by atoms with Crippen molar-refractivity contribution >= 4 is 17.6 Å². The second kappa shape index (κ2) is 9.79. The van der Waals surface area contributed by atoms with Crippen LogP contribution in [0, 0.1) is 12.8 Å². The maximum Gasteiger partial charge on any atom is 0.321 e. The first-order valence-corrected chi connectivity index (χ1v) is 11.3. The highest BCUT2D eigenvalue weighted by molar-refractivity contribution is 5.90.